The lowest BCUT2D eigenvalue weighted by Crippen LogP contribution is -2.21. The van der Waals surface area contributed by atoms with Gasteiger partial charge in [-0.2, -0.15) is 13.2 Å². The number of thiophene rings is 1. The van der Waals surface area contributed by atoms with Crippen molar-refractivity contribution >= 4 is 75.4 Å². The van der Waals surface area contributed by atoms with Gasteiger partial charge in [-0.25, -0.2) is 14.8 Å². The predicted molar refractivity (Wildman–Crippen MR) is 162 cm³/mol. The maximum absolute atomic E-state index is 13.3. The molecular weight excluding hydrogens is 670 g/mol. The highest BCUT2D eigenvalue weighted by Gasteiger charge is 2.38. The van der Waals surface area contributed by atoms with Crippen LogP contribution in [0, 0.1) is 0 Å². The van der Waals surface area contributed by atoms with Crippen molar-refractivity contribution in [3.63, 3.8) is 0 Å². The number of pyridine rings is 1. The van der Waals surface area contributed by atoms with Crippen LogP contribution >= 0.6 is 46.1 Å². The second-order valence-corrected chi connectivity index (χ2v) is 11.2. The predicted octanol–water partition coefficient (Wildman–Crippen LogP) is 7.62. The van der Waals surface area contributed by atoms with E-state index in [1.54, 1.807) is 18.3 Å². The van der Waals surface area contributed by atoms with E-state index in [1.165, 1.54) is 36.8 Å². The molecule has 1 aromatic carbocycles. The molecule has 0 atom stereocenters. The van der Waals surface area contributed by atoms with Crippen LogP contribution in [0.4, 0.5) is 24.7 Å². The molecule has 4 aromatic rings. The van der Waals surface area contributed by atoms with Gasteiger partial charge in [0.15, 0.2) is 0 Å². The number of nitrogens with zero attached hydrogens (tertiary/aromatic N) is 3. The highest BCUT2D eigenvalue weighted by atomic mass is 35.5. The summed E-state index contributed by atoms with van der Waals surface area (Å²) in [5.74, 6) is -2.15. The number of benzene rings is 1. The van der Waals surface area contributed by atoms with E-state index >= 15 is 0 Å². The van der Waals surface area contributed by atoms with Crippen LogP contribution in [0.1, 0.15) is 51.2 Å². The number of carbonyl (C=O) groups is 3. The first-order valence-corrected chi connectivity index (χ1v) is 14.3. The van der Waals surface area contributed by atoms with Crippen LogP contribution in [0.5, 0.6) is 5.75 Å². The number of amides is 2. The fourth-order valence-corrected chi connectivity index (χ4v) is 5.20. The van der Waals surface area contributed by atoms with Crippen molar-refractivity contribution in [3.8, 4) is 5.75 Å². The van der Waals surface area contributed by atoms with Crippen LogP contribution in [0.25, 0.3) is 0 Å². The Kier molecular flexibility index (Phi) is 11.6. The highest BCUT2D eigenvalue weighted by Crippen LogP contribution is 2.35. The van der Waals surface area contributed by atoms with Gasteiger partial charge in [-0.1, -0.05) is 48.7 Å². The maximum Gasteiger partial charge on any atom is 0.490 e. The molecule has 2 amide bonds. The van der Waals surface area contributed by atoms with E-state index in [0.29, 0.717) is 21.5 Å². The Morgan fingerprint density at radius 3 is 2.32 bits per heavy atom. The van der Waals surface area contributed by atoms with Crippen molar-refractivity contribution in [2.45, 2.75) is 32.5 Å². The maximum atomic E-state index is 13.3. The molecule has 0 bridgehead atoms. The van der Waals surface area contributed by atoms with Crippen molar-refractivity contribution in [3.05, 3.63) is 85.1 Å². The third-order valence-corrected chi connectivity index (χ3v) is 7.61. The molecule has 0 aliphatic carbocycles. The van der Waals surface area contributed by atoms with Gasteiger partial charge in [-0.3, -0.25) is 9.59 Å². The Balaban J connectivity index is 0.000000676. The molecular formula is C27H23Cl3F3N5O5S. The first-order chi connectivity index (χ1) is 20.6. The van der Waals surface area contributed by atoms with Crippen LogP contribution in [0.15, 0.2) is 48.2 Å². The monoisotopic (exact) mass is 691 g/mol. The van der Waals surface area contributed by atoms with E-state index in [2.05, 4.69) is 34.4 Å². The number of imidazole rings is 1. The lowest BCUT2D eigenvalue weighted by atomic mass is 10.1. The third kappa shape index (κ3) is 8.85. The van der Waals surface area contributed by atoms with Crippen molar-refractivity contribution in [1.29, 1.82) is 0 Å². The fraction of sp³-hybridized carbons (Fsp3) is 0.222. The zero-order valence-electron chi connectivity index (χ0n) is 23.0. The Labute approximate surface area is 267 Å². The van der Waals surface area contributed by atoms with E-state index in [9.17, 15) is 22.8 Å². The number of halogens is 6. The number of hydrogen-bond acceptors (Lipinski definition) is 7. The summed E-state index contributed by atoms with van der Waals surface area (Å²) in [7, 11) is 1.41. The minimum Gasteiger partial charge on any atom is -0.494 e. The van der Waals surface area contributed by atoms with E-state index in [0.717, 1.165) is 11.4 Å². The zero-order valence-corrected chi connectivity index (χ0v) is 26.1. The smallest absolute Gasteiger partial charge is 0.490 e. The molecule has 0 aliphatic rings. The summed E-state index contributed by atoms with van der Waals surface area (Å²) >= 11 is 19.9. The van der Waals surface area contributed by atoms with Crippen LogP contribution in [0.3, 0.4) is 0 Å². The van der Waals surface area contributed by atoms with Gasteiger partial charge in [0.2, 0.25) is 0 Å². The molecule has 0 saturated heterocycles. The molecule has 234 valence electrons. The number of aliphatic carboxylic acids is 1. The number of anilines is 2. The van der Waals surface area contributed by atoms with Gasteiger partial charge in [-0.05, 0) is 23.6 Å². The van der Waals surface area contributed by atoms with Gasteiger partial charge in [0, 0.05) is 41.2 Å². The van der Waals surface area contributed by atoms with E-state index < -0.39 is 24.0 Å². The van der Waals surface area contributed by atoms with Gasteiger partial charge in [0.25, 0.3) is 11.8 Å². The molecule has 10 nitrogen and oxygen atoms in total. The van der Waals surface area contributed by atoms with Crippen LogP contribution < -0.4 is 15.4 Å². The molecule has 0 aliphatic heterocycles. The first kappa shape index (κ1) is 34.6. The summed E-state index contributed by atoms with van der Waals surface area (Å²) in [4.78, 5) is 44.1. The second-order valence-electron chi connectivity index (χ2n) is 9.08. The quantitative estimate of drug-likeness (QED) is 0.173. The first-order valence-electron chi connectivity index (χ1n) is 12.3. The second kappa shape index (κ2) is 14.8. The Morgan fingerprint density at radius 1 is 1.07 bits per heavy atom. The number of carbonyl (C=O) groups excluding carboxylic acids is 2. The van der Waals surface area contributed by atoms with Gasteiger partial charge in [-0.15, -0.1) is 11.3 Å². The van der Waals surface area contributed by atoms with Crippen molar-refractivity contribution in [1.82, 2.24) is 14.5 Å². The topological polar surface area (TPSA) is 135 Å². The minimum atomic E-state index is -5.08. The number of aromatic nitrogens is 3. The minimum absolute atomic E-state index is 0.0855. The Hall–Kier alpha value is -3.85. The number of rotatable bonds is 8. The number of ether oxygens (including phenoxy) is 1. The lowest BCUT2D eigenvalue weighted by Gasteiger charge is -2.15. The van der Waals surface area contributed by atoms with Crippen molar-refractivity contribution in [2.75, 3.05) is 17.7 Å². The standard InChI is InChI=1S/C25H22Cl3N5O3S.C2HF3O2/c1-13(2)23-29-6-7-33(23)11-14-12-37-22(20(14)28)25(35)32-21-17(8-16(27)9-18(21)36-3)24(34)31-19-5-4-15(26)10-30-19;3-2(4,5)1(6)7/h4-10,12-13H,11H2,1-3H3,(H,32,35)(H,30,31,34);(H,6,7). The molecule has 3 heterocycles. The number of carboxylic acids is 1. The summed E-state index contributed by atoms with van der Waals surface area (Å²) in [6.45, 7) is 4.59. The summed E-state index contributed by atoms with van der Waals surface area (Å²) in [6.07, 6.45) is -0.0626. The molecule has 0 spiro atoms. The molecule has 0 radical (unpaired) electrons. The molecule has 0 unspecified atom stereocenters. The zero-order chi connectivity index (χ0) is 32.8. The highest BCUT2D eigenvalue weighted by molar-refractivity contribution is 7.13. The Bertz CT molecular complexity index is 1660. The molecule has 17 heteroatoms. The van der Waals surface area contributed by atoms with Crippen LogP contribution in [0.2, 0.25) is 15.1 Å². The van der Waals surface area contributed by atoms with E-state index in [4.69, 9.17) is 49.4 Å². The van der Waals surface area contributed by atoms with Gasteiger partial charge in [0.05, 0.1) is 35.0 Å². The molecule has 3 N–H and O–H groups in total. The molecule has 0 fully saturated rings. The number of nitrogens with one attached hydrogen (secondary N) is 2. The number of hydrogen-bond donors (Lipinski definition) is 3. The Morgan fingerprint density at radius 2 is 1.75 bits per heavy atom. The van der Waals surface area contributed by atoms with Crippen LogP contribution in [-0.4, -0.2) is 50.7 Å². The lowest BCUT2D eigenvalue weighted by molar-refractivity contribution is -0.192. The largest absolute Gasteiger partial charge is 0.494 e. The van der Waals surface area contributed by atoms with Gasteiger partial charge in [0.1, 0.15) is 22.3 Å². The molecule has 44 heavy (non-hydrogen) atoms. The third-order valence-electron chi connectivity index (χ3n) is 5.59. The molecule has 3 aromatic heterocycles. The fourth-order valence-electron chi connectivity index (χ4n) is 3.63. The summed E-state index contributed by atoms with van der Waals surface area (Å²) in [5.41, 5.74) is 1.01. The number of alkyl halides is 3. The van der Waals surface area contributed by atoms with Crippen molar-refractivity contribution < 1.29 is 37.4 Å². The van der Waals surface area contributed by atoms with Crippen molar-refractivity contribution in [2.24, 2.45) is 0 Å². The average Bonchev–Trinajstić information content (AvgIpc) is 3.57. The number of carboxylic acid groups (broad SMARTS) is 1. The van der Waals surface area contributed by atoms with E-state index in [1.807, 2.05) is 16.1 Å². The van der Waals surface area contributed by atoms with E-state index in [-0.39, 0.29) is 33.8 Å². The average molecular weight is 693 g/mol. The van der Waals surface area contributed by atoms with Crippen LogP contribution in [-0.2, 0) is 11.3 Å². The summed E-state index contributed by atoms with van der Waals surface area (Å²) < 4.78 is 39.1. The molecule has 0 saturated carbocycles. The molecule has 4 rings (SSSR count). The summed E-state index contributed by atoms with van der Waals surface area (Å²) in [6, 6.07) is 6.08. The number of methoxy groups -OCH3 is 1. The summed E-state index contributed by atoms with van der Waals surface area (Å²) in [5, 5.41) is 15.4. The van der Waals surface area contributed by atoms with Gasteiger partial charge < -0.3 is 25.0 Å². The normalized spacial score (nSPS) is 11.0. The SMILES string of the molecule is COc1cc(Cl)cc(C(=O)Nc2ccc(Cl)cn2)c1NC(=O)c1scc(Cn2ccnc2C(C)C)c1Cl.O=C(O)C(F)(F)F. The van der Waals surface area contributed by atoms with Gasteiger partial charge >= 0.3 is 12.1 Å².